The van der Waals surface area contributed by atoms with Gasteiger partial charge >= 0.3 is 0 Å². The second-order valence-corrected chi connectivity index (χ2v) is 6.00. The summed E-state index contributed by atoms with van der Waals surface area (Å²) in [4.78, 5) is 12.1. The van der Waals surface area contributed by atoms with E-state index in [0.717, 1.165) is 25.7 Å². The van der Waals surface area contributed by atoms with Crippen molar-refractivity contribution in [1.29, 1.82) is 0 Å². The molecule has 0 heterocycles. The van der Waals surface area contributed by atoms with Crippen LogP contribution in [-0.2, 0) is 10.2 Å². The molecule has 0 radical (unpaired) electrons. The average molecular weight is 297 g/mol. The number of nitrogens with two attached hydrogens (primary N) is 1. The molecule has 0 aliphatic heterocycles. The number of hydrogen-bond donors (Lipinski definition) is 2. The van der Waals surface area contributed by atoms with Crippen LogP contribution >= 0.6 is 12.4 Å². The molecule has 1 amide bonds. The lowest BCUT2D eigenvalue weighted by molar-refractivity contribution is -0.126. The number of carbonyl (C=O) groups is 1. The summed E-state index contributed by atoms with van der Waals surface area (Å²) in [5.74, 6) is -0.0310. The van der Waals surface area contributed by atoms with Crippen LogP contribution < -0.4 is 11.1 Å². The molecule has 1 fully saturated rings. The van der Waals surface area contributed by atoms with Gasteiger partial charge in [-0.15, -0.1) is 12.4 Å². The van der Waals surface area contributed by atoms with Crippen LogP contribution in [0.5, 0.6) is 0 Å². The lowest BCUT2D eigenvalue weighted by Crippen LogP contribution is -2.52. The van der Waals surface area contributed by atoms with Gasteiger partial charge in [0.2, 0.25) is 5.91 Å². The highest BCUT2D eigenvalue weighted by Gasteiger charge is 2.44. The van der Waals surface area contributed by atoms with Gasteiger partial charge in [-0.1, -0.05) is 43.7 Å². The topological polar surface area (TPSA) is 55.1 Å². The predicted octanol–water partition coefficient (Wildman–Crippen LogP) is 2.77. The summed E-state index contributed by atoms with van der Waals surface area (Å²) >= 11 is 0. The number of nitrogens with one attached hydrogen (secondary N) is 1. The Balaban J connectivity index is 0.00000200. The van der Waals surface area contributed by atoms with Gasteiger partial charge in [0.1, 0.15) is 0 Å². The van der Waals surface area contributed by atoms with Crippen molar-refractivity contribution in [2.75, 3.05) is 6.54 Å². The standard InChI is InChI=1S/C16H24N2O.ClH/c1-3-9-15(2,17)14(19)18-12-16(10-11-16)13-7-5-4-6-8-13;/h4-8H,3,9-12,17H2,1-2H3,(H,18,19);1H. The molecule has 4 heteroatoms. The van der Waals surface area contributed by atoms with Crippen LogP contribution in [0.4, 0.5) is 0 Å². The van der Waals surface area contributed by atoms with Crippen LogP contribution in [0.3, 0.4) is 0 Å². The molecule has 1 saturated carbocycles. The first-order chi connectivity index (χ1) is 9.00. The van der Waals surface area contributed by atoms with E-state index >= 15 is 0 Å². The minimum absolute atomic E-state index is 0. The molecular weight excluding hydrogens is 272 g/mol. The summed E-state index contributed by atoms with van der Waals surface area (Å²) in [6.07, 6.45) is 3.93. The van der Waals surface area contributed by atoms with Gasteiger partial charge in [-0.3, -0.25) is 4.79 Å². The number of carbonyl (C=O) groups excluding carboxylic acids is 1. The average Bonchev–Trinajstić information content (AvgIpc) is 3.18. The molecule has 0 saturated heterocycles. The van der Waals surface area contributed by atoms with Crippen molar-refractivity contribution in [2.45, 2.75) is 50.5 Å². The number of benzene rings is 1. The highest BCUT2D eigenvalue weighted by molar-refractivity contribution is 5.85. The minimum Gasteiger partial charge on any atom is -0.354 e. The molecule has 2 rings (SSSR count). The zero-order valence-corrected chi connectivity index (χ0v) is 13.1. The number of rotatable bonds is 6. The molecule has 3 nitrogen and oxygen atoms in total. The van der Waals surface area contributed by atoms with Crippen LogP contribution in [0.15, 0.2) is 30.3 Å². The molecular formula is C16H25ClN2O. The van der Waals surface area contributed by atoms with Crippen molar-refractivity contribution >= 4 is 18.3 Å². The van der Waals surface area contributed by atoms with E-state index in [0.29, 0.717) is 6.54 Å². The lowest BCUT2D eigenvalue weighted by atomic mass is 9.93. The summed E-state index contributed by atoms with van der Waals surface area (Å²) in [5, 5.41) is 3.05. The molecule has 0 aromatic heterocycles. The third kappa shape index (κ3) is 3.74. The Bertz CT molecular complexity index is 441. The molecule has 1 aromatic rings. The van der Waals surface area contributed by atoms with Crippen molar-refractivity contribution < 1.29 is 4.79 Å². The Labute approximate surface area is 127 Å². The molecule has 3 N–H and O–H groups in total. The SMILES string of the molecule is CCCC(C)(N)C(=O)NCC1(c2ccccc2)CC1.Cl. The van der Waals surface area contributed by atoms with Gasteiger partial charge in [0.05, 0.1) is 5.54 Å². The zero-order chi connectivity index (χ0) is 13.9. The van der Waals surface area contributed by atoms with Gasteiger partial charge in [-0.25, -0.2) is 0 Å². The fraction of sp³-hybridized carbons (Fsp3) is 0.562. The lowest BCUT2D eigenvalue weighted by Gasteiger charge is -2.25. The van der Waals surface area contributed by atoms with Crippen LogP contribution in [-0.4, -0.2) is 18.0 Å². The van der Waals surface area contributed by atoms with Crippen molar-refractivity contribution in [3.8, 4) is 0 Å². The van der Waals surface area contributed by atoms with E-state index in [-0.39, 0.29) is 23.7 Å². The Hall–Kier alpha value is -1.06. The highest BCUT2D eigenvalue weighted by atomic mass is 35.5. The maximum atomic E-state index is 12.1. The Morgan fingerprint density at radius 3 is 2.45 bits per heavy atom. The van der Waals surface area contributed by atoms with Gasteiger partial charge in [-0.2, -0.15) is 0 Å². The molecule has 0 spiro atoms. The molecule has 112 valence electrons. The molecule has 0 bridgehead atoms. The molecule has 1 aliphatic carbocycles. The Kier molecular flexibility index (Phi) is 5.60. The smallest absolute Gasteiger partial charge is 0.239 e. The van der Waals surface area contributed by atoms with Crippen LogP contribution in [0, 0.1) is 0 Å². The van der Waals surface area contributed by atoms with Crippen LogP contribution in [0.2, 0.25) is 0 Å². The van der Waals surface area contributed by atoms with Crippen molar-refractivity contribution in [2.24, 2.45) is 5.73 Å². The third-order valence-electron chi connectivity index (χ3n) is 4.12. The maximum absolute atomic E-state index is 12.1. The maximum Gasteiger partial charge on any atom is 0.239 e. The minimum atomic E-state index is -0.748. The second kappa shape index (κ2) is 6.59. The van der Waals surface area contributed by atoms with Crippen molar-refractivity contribution in [1.82, 2.24) is 5.32 Å². The van der Waals surface area contributed by atoms with E-state index in [1.807, 2.05) is 19.9 Å². The predicted molar refractivity (Wildman–Crippen MR) is 85.1 cm³/mol. The summed E-state index contributed by atoms with van der Waals surface area (Å²) in [7, 11) is 0. The fourth-order valence-corrected chi connectivity index (χ4v) is 2.59. The molecule has 1 aromatic carbocycles. The highest BCUT2D eigenvalue weighted by Crippen LogP contribution is 2.47. The number of hydrogen-bond acceptors (Lipinski definition) is 2. The van der Waals surface area contributed by atoms with Crippen molar-refractivity contribution in [3.63, 3.8) is 0 Å². The number of amides is 1. The van der Waals surface area contributed by atoms with Crippen molar-refractivity contribution in [3.05, 3.63) is 35.9 Å². The largest absolute Gasteiger partial charge is 0.354 e. The van der Waals surface area contributed by atoms with E-state index < -0.39 is 5.54 Å². The Morgan fingerprint density at radius 2 is 1.95 bits per heavy atom. The zero-order valence-electron chi connectivity index (χ0n) is 12.3. The normalized spacial score (nSPS) is 18.6. The van der Waals surface area contributed by atoms with E-state index in [1.54, 1.807) is 0 Å². The molecule has 1 atom stereocenters. The first-order valence-corrected chi connectivity index (χ1v) is 7.13. The van der Waals surface area contributed by atoms with Gasteiger partial charge in [-0.05, 0) is 31.7 Å². The van der Waals surface area contributed by atoms with Gasteiger partial charge in [0, 0.05) is 12.0 Å². The second-order valence-electron chi connectivity index (χ2n) is 6.00. The molecule has 1 aliphatic rings. The van der Waals surface area contributed by atoms with E-state index in [2.05, 4.69) is 29.6 Å². The summed E-state index contributed by atoms with van der Waals surface area (Å²) in [6, 6.07) is 10.4. The summed E-state index contributed by atoms with van der Waals surface area (Å²) in [5.41, 5.74) is 6.77. The van der Waals surface area contributed by atoms with Crippen LogP contribution in [0.1, 0.15) is 45.1 Å². The van der Waals surface area contributed by atoms with Crippen LogP contribution in [0.25, 0.3) is 0 Å². The first-order valence-electron chi connectivity index (χ1n) is 7.13. The van der Waals surface area contributed by atoms with E-state index in [4.69, 9.17) is 5.73 Å². The first kappa shape index (κ1) is 17.0. The number of halogens is 1. The monoisotopic (exact) mass is 296 g/mol. The molecule has 20 heavy (non-hydrogen) atoms. The third-order valence-corrected chi connectivity index (χ3v) is 4.12. The van der Waals surface area contributed by atoms with E-state index in [9.17, 15) is 4.79 Å². The summed E-state index contributed by atoms with van der Waals surface area (Å²) < 4.78 is 0. The van der Waals surface area contributed by atoms with Gasteiger partial charge in [0.15, 0.2) is 0 Å². The fourth-order valence-electron chi connectivity index (χ4n) is 2.59. The quantitative estimate of drug-likeness (QED) is 0.848. The molecule has 1 unspecified atom stereocenters. The van der Waals surface area contributed by atoms with Gasteiger partial charge in [0.25, 0.3) is 0 Å². The summed E-state index contributed by atoms with van der Waals surface area (Å²) in [6.45, 7) is 4.56. The van der Waals surface area contributed by atoms with E-state index in [1.165, 1.54) is 5.56 Å². The Morgan fingerprint density at radius 1 is 1.35 bits per heavy atom. The van der Waals surface area contributed by atoms with Gasteiger partial charge < -0.3 is 11.1 Å².